The van der Waals surface area contributed by atoms with E-state index in [0.29, 0.717) is 66.0 Å². The molecule has 6 amide bonds. The quantitative estimate of drug-likeness (QED) is 0.0435. The molecule has 0 aliphatic carbocycles. The third-order valence-corrected chi connectivity index (χ3v) is 24.2. The normalized spacial score (nSPS) is 29.7. The van der Waals surface area contributed by atoms with Crippen molar-refractivity contribution in [2.24, 2.45) is 35.4 Å². The van der Waals surface area contributed by atoms with Crippen molar-refractivity contribution in [1.29, 1.82) is 0 Å². The van der Waals surface area contributed by atoms with E-state index in [1.807, 2.05) is 0 Å². The van der Waals surface area contributed by atoms with Gasteiger partial charge in [-0.15, -0.1) is 0 Å². The van der Waals surface area contributed by atoms with Crippen molar-refractivity contribution < 1.29 is 87.7 Å². The molecule has 42 heteroatoms. The van der Waals surface area contributed by atoms with E-state index in [9.17, 15) is 31.5 Å². The third kappa shape index (κ3) is 24.5. The molecular formula is C102H132N36O6. The number of fused-ring (bicyclic) bond motifs is 6. The molecule has 756 valence electrons. The average Bonchev–Trinajstić information content (AvgIpc) is 1.60. The number of nitrogens with one attached hydrogen (secondary N) is 6. The molecule has 0 spiro atoms. The van der Waals surface area contributed by atoms with E-state index in [0.717, 1.165) is 44.9 Å². The number of likely N-dealkylation sites (tertiary alicyclic amines) is 6. The van der Waals surface area contributed by atoms with Crippen molar-refractivity contribution in [3.05, 3.63) is 177 Å². The largest absolute Gasteiger partial charge is 0.354 e. The summed E-state index contributed by atoms with van der Waals surface area (Å²) < 4.78 is 355. The molecule has 12 aromatic rings. The monoisotopic (exact) mass is 2000 g/mol. The molecule has 0 aromatic carbocycles. The molecule has 18 rings (SSSR count). The van der Waals surface area contributed by atoms with Crippen LogP contribution in [0.5, 0.6) is 0 Å². The van der Waals surface area contributed by atoms with Crippen LogP contribution in [0.1, 0.15) is 173 Å². The highest BCUT2D eigenvalue weighted by atomic mass is 16.2. The van der Waals surface area contributed by atoms with Gasteiger partial charge in [0.25, 0.3) is 39.3 Å². The minimum Gasteiger partial charge on any atom is -0.354 e. The van der Waals surface area contributed by atoms with Crippen molar-refractivity contribution in [3.8, 4) is 0 Å². The van der Waals surface area contributed by atoms with Crippen molar-refractivity contribution in [2.75, 3.05) is 189 Å². The Balaban J connectivity index is 0.000000182. The number of hydrogen-bond donors (Lipinski definition) is 6. The van der Waals surface area contributed by atoms with E-state index in [4.69, 9.17) is 95.6 Å². The summed E-state index contributed by atoms with van der Waals surface area (Å²) in [6.45, 7) is 17.8. The number of H-pyrrole nitrogens is 6. The molecule has 0 saturated carbocycles. The predicted octanol–water partition coefficient (Wildman–Crippen LogP) is 11.2. The Morgan fingerprint density at radius 1 is 0.306 bits per heavy atom. The number of nitrogens with zero attached hydrogens (tertiary/aromatic N) is 30. The Morgan fingerprint density at radius 2 is 0.528 bits per heavy atom. The van der Waals surface area contributed by atoms with Gasteiger partial charge >= 0.3 is 35.4 Å². The van der Waals surface area contributed by atoms with Crippen LogP contribution < -0.4 is 29.4 Å². The number of likely N-dealkylation sites (N-methyl/N-ethyl adjacent to an activating group) is 6. The molecule has 0 unspecified atom stereocenters. The lowest BCUT2D eigenvalue weighted by Gasteiger charge is -2.41. The van der Waals surface area contributed by atoms with Gasteiger partial charge in [0.2, 0.25) is 0 Å². The van der Waals surface area contributed by atoms with Gasteiger partial charge in [-0.1, -0.05) is 41.1 Å². The first-order chi connectivity index (χ1) is 86.2. The van der Waals surface area contributed by atoms with Crippen molar-refractivity contribution >= 4 is 137 Å². The van der Waals surface area contributed by atoms with E-state index in [2.05, 4.69) is 119 Å². The molecule has 0 radical (unpaired) electrons. The Kier molecular flexibility index (Phi) is 20.5. The number of carbonyl (C=O) groups is 6. The summed E-state index contributed by atoms with van der Waals surface area (Å²) in [4.78, 5) is 172. The van der Waals surface area contributed by atoms with Gasteiger partial charge < -0.3 is 118 Å². The Hall–Kier alpha value is -15.7. The highest BCUT2D eigenvalue weighted by Crippen LogP contribution is 2.38. The summed E-state index contributed by atoms with van der Waals surface area (Å²) >= 11 is 0. The molecule has 12 aromatic heterocycles. The van der Waals surface area contributed by atoms with E-state index in [1.165, 1.54) is 49.1 Å². The van der Waals surface area contributed by atoms with E-state index >= 15 is 0 Å². The zero-order chi connectivity index (χ0) is 140. The van der Waals surface area contributed by atoms with Crippen LogP contribution in [0.15, 0.2) is 74.2 Å². The van der Waals surface area contributed by atoms with Gasteiger partial charge in [0, 0.05) is 200 Å². The fraction of sp³-hybridized carbons (Fsp3) is 0.529. The SMILES string of the molecule is [2H]c1c(C)[nH]c2ncnc(N(C([2H])([2H])[2H])[C@@]3([2H])CN(C(=O)C[N+]#[C-])CC[C@@]3([2H])C([2H])([2H])[2H])c12.[2H]c1c(C)[nH]c2ncnc(N(C([2H])([2H])[2H])[C@@]3([2H])CN(C(=O)C[N+]#[C-])CC[C@H]3C([2H])([2H])[2H])c12.[2H]c1c(C)[nH]c2ncnc(N(C)[C@@]3([2H])CN(C(=O)C[N+]#[C-])CC[C@@]3([2H])C([2H])([2H])[2H])c12.[2H]c1c(C)[nH]c2ncnc(N(C)[C@@]3([2H])CN(C(=O)C[N+]#[C-])CC[C@H]3C([2H])([2H])[2H])c12.[2H]c1c(C)[nH]c2ncnc(N([C@H]3CN(C(=O)C[N+]#[C-])CC[C@@]3([2H])C([2H])([2H])[2H])C([2H])([2H])[2H])c12.[2H]c1c(C)[nH]c2ncnc(N([C@H]3CN(C(=O)C[N+]#[C-])CC[C@H]3C([2H])([2H])[2H])C([2H])([2H])[2H])c12. The van der Waals surface area contributed by atoms with Crippen LogP contribution in [0.25, 0.3) is 95.3 Å². The summed E-state index contributed by atoms with van der Waals surface area (Å²) in [6.07, 6.45) is 5.73. The molecule has 12 atom stereocenters. The van der Waals surface area contributed by atoms with Crippen molar-refractivity contribution in [2.45, 2.75) is 157 Å². The van der Waals surface area contributed by atoms with Gasteiger partial charge in [0.15, 0.2) is 0 Å². The van der Waals surface area contributed by atoms with Crippen LogP contribution in [-0.4, -0.2) is 351 Å². The van der Waals surface area contributed by atoms with Gasteiger partial charge in [-0.25, -0.2) is 99.2 Å². The Morgan fingerprint density at radius 3 is 0.812 bits per heavy atom. The summed E-state index contributed by atoms with van der Waals surface area (Å²) in [6, 6.07) is -11.5. The molecule has 42 nitrogen and oxygen atoms in total. The van der Waals surface area contributed by atoms with E-state index < -0.39 is 241 Å². The number of aromatic nitrogens is 18. The smallest absolute Gasteiger partial charge is 0.302 e. The molecule has 144 heavy (non-hydrogen) atoms. The second-order valence-corrected chi connectivity index (χ2v) is 33.9. The van der Waals surface area contributed by atoms with Crippen LogP contribution in [-0.2, 0) is 28.8 Å². The second-order valence-electron chi connectivity index (χ2n) is 33.9. The molecule has 6 aliphatic heterocycles. The number of carbonyl (C=O) groups excluding carboxylic acids is 6. The molecule has 18 heterocycles. The highest BCUT2D eigenvalue weighted by Gasteiger charge is 2.41. The number of aryl methyl sites for hydroxylation is 6. The first-order valence-electron chi connectivity index (χ1n) is 66.4. The van der Waals surface area contributed by atoms with Crippen molar-refractivity contribution in [3.63, 3.8) is 0 Å². The number of piperidine rings is 6. The van der Waals surface area contributed by atoms with Crippen LogP contribution in [0.2, 0.25) is 0 Å². The lowest BCUT2D eigenvalue weighted by Crippen LogP contribution is -2.53. The minimum absolute atomic E-state index is 0.0149. The minimum atomic E-state index is -3.18. The first-order valence-corrected chi connectivity index (χ1v) is 44.9. The zero-order valence-electron chi connectivity index (χ0n) is 123. The van der Waals surface area contributed by atoms with Crippen molar-refractivity contribution in [1.82, 2.24) is 119 Å². The molecule has 0 bridgehead atoms. The Labute approximate surface area is 900 Å². The van der Waals surface area contributed by atoms with E-state index in [1.54, 1.807) is 48.6 Å². The van der Waals surface area contributed by atoms with Gasteiger partial charge in [0.05, 0.1) is 82.2 Å². The van der Waals surface area contributed by atoms with Gasteiger partial charge in [-0.3, -0.25) is 28.8 Å². The molecule has 6 fully saturated rings. The fourth-order valence-electron chi connectivity index (χ4n) is 16.8. The highest BCUT2D eigenvalue weighted by molar-refractivity contribution is 5.94. The number of aromatic amines is 6. The predicted molar refractivity (Wildman–Crippen MR) is 556 cm³/mol. The summed E-state index contributed by atoms with van der Waals surface area (Å²) in [5.74, 6) is -14.6. The third-order valence-electron chi connectivity index (χ3n) is 24.2. The number of rotatable bonds is 18. The molecule has 6 saturated heterocycles. The first kappa shape index (κ1) is 61.9. The number of anilines is 6. The lowest BCUT2D eigenvalue weighted by molar-refractivity contribution is -0.131. The molecular weight excluding hydrogens is 1830 g/mol. The van der Waals surface area contributed by atoms with Crippen LogP contribution in [0.4, 0.5) is 34.9 Å². The zero-order valence-corrected chi connectivity index (χ0v) is 79.7. The van der Waals surface area contributed by atoms with Crippen LogP contribution in [0, 0.1) is 116 Å². The summed E-state index contributed by atoms with van der Waals surface area (Å²) in [5.41, 5.74) is 4.29. The van der Waals surface area contributed by atoms with Crippen LogP contribution in [0.3, 0.4) is 0 Å². The molecule has 6 N–H and O–H groups in total. The number of hydrogen-bond acceptors (Lipinski definition) is 24. The maximum absolute atomic E-state index is 12.4. The van der Waals surface area contributed by atoms with Crippen LogP contribution >= 0.6 is 0 Å². The Bertz CT molecular complexity index is 8900. The maximum atomic E-state index is 12.4. The number of amides is 6. The molecule has 6 aliphatic rings. The van der Waals surface area contributed by atoms with Gasteiger partial charge in [0.1, 0.15) is 107 Å². The standard InChI is InChI=1S/6C17H22N6O/c6*1-11-5-6-23(15(24)8-18-3)9-14(11)22(4)17-13-7-12(2)21-16(13)19-10-20-17/h6*7,10-11,14H,5-6,8-9H2,1-2,4H3,(H,19,20,21)/t6*11-,14+/m111111/s1/i1D3,4D3,7D,11D,14D;1D3,7D,11D,14D;1D3,4D3,7D,14D;1D3,4D3,7D,11D;1D3,7D,14D;1D3,4D3,7D. The summed E-state index contributed by atoms with van der Waals surface area (Å²) in [5, 5.41) is 0.954. The van der Waals surface area contributed by atoms with Gasteiger partial charge in [-0.05, 0) is 152 Å². The topological polar surface area (TPSA) is 417 Å². The lowest BCUT2D eigenvalue weighted by atomic mass is 9.92. The van der Waals surface area contributed by atoms with Gasteiger partial charge in [-0.2, -0.15) is 0 Å². The average molecular weight is 2000 g/mol. The second kappa shape index (κ2) is 47.7. The van der Waals surface area contributed by atoms with E-state index in [-0.39, 0.29) is 207 Å². The summed E-state index contributed by atoms with van der Waals surface area (Å²) in [7, 11) is 2.99. The maximum Gasteiger partial charge on any atom is 0.302 e. The fourth-order valence-corrected chi connectivity index (χ4v) is 16.8.